The molecule has 2 aromatic heterocycles. The van der Waals surface area contributed by atoms with Crippen LogP contribution in [0, 0.1) is 0 Å². The van der Waals surface area contributed by atoms with Crippen molar-refractivity contribution in [1.29, 1.82) is 0 Å². The highest BCUT2D eigenvalue weighted by molar-refractivity contribution is 6.76. The molecule has 0 spiro atoms. The van der Waals surface area contributed by atoms with Crippen LogP contribution in [0.1, 0.15) is 25.0 Å². The van der Waals surface area contributed by atoms with Crippen LogP contribution in [0.5, 0.6) is 0 Å². The van der Waals surface area contributed by atoms with Crippen LogP contribution in [-0.4, -0.2) is 102 Å². The molecule has 0 saturated carbocycles. The summed E-state index contributed by atoms with van der Waals surface area (Å²) in [6, 6.07) is 0.137. The largest absolute Gasteiger partial charge is 0.423 e. The molecular formula is C27H40F6N8O4Si. The number of aromatic nitrogens is 4. The number of likely N-dealkylation sites (N-methyl/N-ethyl adjacent to an activating group) is 1. The van der Waals surface area contributed by atoms with Crippen molar-refractivity contribution in [3.8, 4) is 0 Å². The van der Waals surface area contributed by atoms with E-state index in [4.69, 9.17) is 9.57 Å². The molecule has 1 fully saturated rings. The van der Waals surface area contributed by atoms with Gasteiger partial charge in [-0.1, -0.05) is 26.6 Å². The summed E-state index contributed by atoms with van der Waals surface area (Å²) >= 11 is 0. The van der Waals surface area contributed by atoms with Gasteiger partial charge in [-0.05, 0) is 13.0 Å². The standard InChI is InChI=1S/C27H40F6N8O4Si/c1-6-40(45-17-22(42)38-7-9-39(10-8-38)25-34-13-20(14-35-25)26(28,29)30)16-19(2)37-21-15-36-41(18-44-11-12-46(3,4)5)24(43)23(21)27(31,32)33/h13-15,19,37H,6-12,16-18H2,1-5H3. The Morgan fingerprint density at radius 2 is 1.67 bits per heavy atom. The Morgan fingerprint density at radius 1 is 1.04 bits per heavy atom. The number of nitrogens with zero attached hydrogens (tertiary/aromatic N) is 7. The predicted octanol–water partition coefficient (Wildman–Crippen LogP) is 3.79. The summed E-state index contributed by atoms with van der Waals surface area (Å²) < 4.78 is 86.2. The maximum absolute atomic E-state index is 13.9. The number of amides is 1. The minimum atomic E-state index is -4.95. The summed E-state index contributed by atoms with van der Waals surface area (Å²) in [5.41, 5.74) is -4.14. The number of piperazine rings is 1. The fourth-order valence-corrected chi connectivity index (χ4v) is 5.16. The van der Waals surface area contributed by atoms with E-state index in [2.05, 4.69) is 40.0 Å². The van der Waals surface area contributed by atoms with Gasteiger partial charge in [-0.3, -0.25) is 14.4 Å². The molecule has 1 N–H and O–H groups in total. The summed E-state index contributed by atoms with van der Waals surface area (Å²) in [6.07, 6.45) is -7.12. The fraction of sp³-hybridized carbons (Fsp3) is 0.667. The third-order valence-corrected chi connectivity index (χ3v) is 8.72. The van der Waals surface area contributed by atoms with Crippen LogP contribution < -0.4 is 15.8 Å². The van der Waals surface area contributed by atoms with Crippen molar-refractivity contribution in [2.75, 3.05) is 62.7 Å². The van der Waals surface area contributed by atoms with Crippen molar-refractivity contribution in [2.24, 2.45) is 0 Å². The Balaban J connectivity index is 1.52. The first-order chi connectivity index (χ1) is 21.4. The zero-order valence-electron chi connectivity index (χ0n) is 26.4. The molecule has 3 rings (SSSR count). The Kier molecular flexibility index (Phi) is 12.5. The third-order valence-electron chi connectivity index (χ3n) is 7.02. The topological polar surface area (TPSA) is 118 Å². The Hall–Kier alpha value is -3.29. The lowest BCUT2D eigenvalue weighted by molar-refractivity contribution is -0.176. The van der Waals surface area contributed by atoms with E-state index >= 15 is 0 Å². The molecule has 12 nitrogen and oxygen atoms in total. The number of carbonyl (C=O) groups excluding carboxylic acids is 1. The van der Waals surface area contributed by atoms with E-state index in [0.29, 0.717) is 43.3 Å². The highest BCUT2D eigenvalue weighted by Crippen LogP contribution is 2.32. The molecule has 46 heavy (non-hydrogen) atoms. The molecule has 1 unspecified atom stereocenters. The molecule has 1 aliphatic rings. The average molecular weight is 683 g/mol. The van der Waals surface area contributed by atoms with E-state index in [-0.39, 0.29) is 38.1 Å². The van der Waals surface area contributed by atoms with E-state index in [1.807, 2.05) is 0 Å². The van der Waals surface area contributed by atoms with Crippen LogP contribution in [0.4, 0.5) is 38.0 Å². The molecule has 19 heteroatoms. The number of hydrogen-bond acceptors (Lipinski definition) is 10. The summed E-state index contributed by atoms with van der Waals surface area (Å²) in [5, 5.41) is 7.97. The van der Waals surface area contributed by atoms with Gasteiger partial charge in [0.05, 0.1) is 17.4 Å². The van der Waals surface area contributed by atoms with E-state index in [0.717, 1.165) is 12.2 Å². The van der Waals surface area contributed by atoms with Crippen molar-refractivity contribution in [3.05, 3.63) is 40.1 Å². The first-order valence-electron chi connectivity index (χ1n) is 14.7. The van der Waals surface area contributed by atoms with Crippen molar-refractivity contribution in [1.82, 2.24) is 29.7 Å². The van der Waals surface area contributed by atoms with Crippen LogP contribution in [0.25, 0.3) is 0 Å². The van der Waals surface area contributed by atoms with Crippen molar-refractivity contribution in [3.63, 3.8) is 0 Å². The van der Waals surface area contributed by atoms with Crippen molar-refractivity contribution in [2.45, 2.75) is 64.7 Å². The number of alkyl halides is 6. The summed E-state index contributed by atoms with van der Waals surface area (Å²) in [5.74, 6) is -0.215. The Labute approximate surface area is 263 Å². The first kappa shape index (κ1) is 37.2. The van der Waals surface area contributed by atoms with Crippen LogP contribution in [-0.2, 0) is 33.5 Å². The summed E-state index contributed by atoms with van der Waals surface area (Å²) in [4.78, 5) is 41.9. The predicted molar refractivity (Wildman–Crippen MR) is 160 cm³/mol. The van der Waals surface area contributed by atoms with Crippen molar-refractivity contribution < 1.29 is 40.7 Å². The molecule has 3 heterocycles. The first-order valence-corrected chi connectivity index (χ1v) is 18.4. The quantitative estimate of drug-likeness (QED) is 0.137. The fourth-order valence-electron chi connectivity index (χ4n) is 4.41. The minimum Gasteiger partial charge on any atom is -0.379 e. The highest BCUT2D eigenvalue weighted by atomic mass is 28.3. The maximum Gasteiger partial charge on any atom is 0.423 e. The number of halogens is 6. The zero-order chi connectivity index (χ0) is 34.3. The van der Waals surface area contributed by atoms with Crippen LogP contribution in [0.15, 0.2) is 23.4 Å². The molecular weight excluding hydrogens is 642 g/mol. The molecule has 0 aromatic carbocycles. The molecule has 0 radical (unpaired) electrons. The van der Waals surface area contributed by atoms with E-state index in [9.17, 15) is 35.9 Å². The van der Waals surface area contributed by atoms with Crippen LogP contribution in [0.3, 0.4) is 0 Å². The second-order valence-corrected chi connectivity index (χ2v) is 17.6. The van der Waals surface area contributed by atoms with E-state index in [1.54, 1.807) is 18.7 Å². The number of anilines is 2. The lowest BCUT2D eigenvalue weighted by Crippen LogP contribution is -2.50. The zero-order valence-corrected chi connectivity index (χ0v) is 27.4. The van der Waals surface area contributed by atoms with Crippen LogP contribution in [0.2, 0.25) is 25.7 Å². The second-order valence-electron chi connectivity index (χ2n) is 12.0. The van der Waals surface area contributed by atoms with Crippen molar-refractivity contribution >= 4 is 25.6 Å². The highest BCUT2D eigenvalue weighted by Gasteiger charge is 2.39. The molecule has 2 aromatic rings. The monoisotopic (exact) mass is 682 g/mol. The minimum absolute atomic E-state index is 0.0724. The van der Waals surface area contributed by atoms with Gasteiger partial charge in [-0.15, -0.1) is 0 Å². The number of rotatable bonds is 14. The number of ether oxygens (including phenoxy) is 1. The number of nitrogens with one attached hydrogen (secondary N) is 1. The lowest BCUT2D eigenvalue weighted by Gasteiger charge is -2.35. The van der Waals surface area contributed by atoms with Gasteiger partial charge in [0.2, 0.25) is 5.95 Å². The lowest BCUT2D eigenvalue weighted by atomic mass is 10.2. The number of carbonyl (C=O) groups is 1. The number of hydrogen-bond donors (Lipinski definition) is 1. The molecule has 0 aliphatic carbocycles. The van der Waals surface area contributed by atoms with Gasteiger partial charge >= 0.3 is 12.4 Å². The Bertz CT molecular complexity index is 1350. The molecule has 1 atom stereocenters. The SMILES string of the molecule is CCN(CC(C)Nc1cnn(COCC[Si](C)(C)C)c(=O)c1C(F)(F)F)OCC(=O)N1CCN(c2ncc(C(F)(F)F)cn2)CC1. The Morgan fingerprint density at radius 3 is 2.22 bits per heavy atom. The van der Waals surface area contributed by atoms with Gasteiger partial charge in [-0.25, -0.2) is 14.6 Å². The summed E-state index contributed by atoms with van der Waals surface area (Å²) in [6.45, 7) is 10.8. The molecule has 258 valence electrons. The molecule has 1 aliphatic heterocycles. The van der Waals surface area contributed by atoms with E-state index in [1.165, 1.54) is 9.96 Å². The van der Waals surface area contributed by atoms with Crippen LogP contribution >= 0.6 is 0 Å². The summed E-state index contributed by atoms with van der Waals surface area (Å²) in [7, 11) is -1.43. The third kappa shape index (κ3) is 10.9. The second kappa shape index (κ2) is 15.5. The van der Waals surface area contributed by atoms with Gasteiger partial charge in [-0.2, -0.15) is 36.5 Å². The van der Waals surface area contributed by atoms with Gasteiger partial charge in [0.25, 0.3) is 11.5 Å². The smallest absolute Gasteiger partial charge is 0.379 e. The molecule has 0 bridgehead atoms. The van der Waals surface area contributed by atoms with Gasteiger partial charge in [0.1, 0.15) is 18.9 Å². The van der Waals surface area contributed by atoms with E-state index < -0.39 is 55.6 Å². The number of hydroxylamine groups is 2. The normalized spacial score (nSPS) is 15.4. The average Bonchev–Trinajstić information content (AvgIpc) is 2.96. The van der Waals surface area contributed by atoms with Gasteiger partial charge < -0.3 is 19.9 Å². The van der Waals surface area contributed by atoms with Gasteiger partial charge in [0, 0.05) is 72.4 Å². The molecule has 1 saturated heterocycles. The maximum atomic E-state index is 13.9. The van der Waals surface area contributed by atoms with Gasteiger partial charge in [0.15, 0.2) is 0 Å². The molecule has 1 amide bonds.